The van der Waals surface area contributed by atoms with Crippen molar-refractivity contribution in [3.05, 3.63) is 60.6 Å². The molecule has 1 aliphatic rings. The maximum Gasteiger partial charge on any atom is 0.573 e. The number of halogens is 3. The molecular weight excluding hydrogens is 493 g/mol. The highest BCUT2D eigenvalue weighted by atomic mass is 19.4. The van der Waals surface area contributed by atoms with Crippen molar-refractivity contribution in [1.82, 2.24) is 19.2 Å². The number of fused-ring (bicyclic) bond motifs is 1. The Balaban J connectivity index is 1.32. The van der Waals surface area contributed by atoms with Crippen LogP contribution in [0.5, 0.6) is 11.5 Å². The van der Waals surface area contributed by atoms with Crippen LogP contribution in [-0.2, 0) is 16.6 Å². The molecule has 0 saturated carbocycles. The first-order chi connectivity index (χ1) is 17.7. The molecule has 0 radical (unpaired) electrons. The molecule has 1 aromatic carbocycles. The highest BCUT2D eigenvalue weighted by molar-refractivity contribution is 5.95. The molecule has 0 aliphatic carbocycles. The number of benzene rings is 1. The average molecular weight is 512 g/mol. The van der Waals surface area contributed by atoms with Gasteiger partial charge in [-0.25, -0.2) is 4.98 Å². The van der Waals surface area contributed by atoms with Gasteiger partial charge in [-0.1, -0.05) is 0 Å². The molecule has 0 bridgehead atoms. The lowest BCUT2D eigenvalue weighted by Gasteiger charge is -2.32. The van der Waals surface area contributed by atoms with Crippen molar-refractivity contribution in [2.45, 2.75) is 12.5 Å². The number of hydrogen-bond acceptors (Lipinski definition) is 7. The van der Waals surface area contributed by atoms with E-state index in [0.717, 1.165) is 12.1 Å². The Kier molecular flexibility index (Phi) is 6.18. The summed E-state index contributed by atoms with van der Waals surface area (Å²) >= 11 is 0. The van der Waals surface area contributed by atoms with Crippen LogP contribution in [0.25, 0.3) is 17.0 Å². The second-order valence-corrected chi connectivity index (χ2v) is 8.16. The minimum atomic E-state index is -4.80. The van der Waals surface area contributed by atoms with E-state index in [1.54, 1.807) is 34.5 Å². The molecule has 1 amide bonds. The van der Waals surface area contributed by atoms with Gasteiger partial charge < -0.3 is 19.1 Å². The Morgan fingerprint density at radius 3 is 2.65 bits per heavy atom. The van der Waals surface area contributed by atoms with E-state index in [1.165, 1.54) is 23.2 Å². The third kappa shape index (κ3) is 5.05. The summed E-state index contributed by atoms with van der Waals surface area (Å²) in [7, 11) is 1.79. The molecule has 3 aromatic heterocycles. The molecule has 1 atom stereocenters. The van der Waals surface area contributed by atoms with E-state index in [1.807, 2.05) is 6.07 Å². The number of anilines is 1. The summed E-state index contributed by atoms with van der Waals surface area (Å²) in [4.78, 5) is 18.2. The van der Waals surface area contributed by atoms with Crippen molar-refractivity contribution >= 4 is 17.2 Å². The summed E-state index contributed by atoms with van der Waals surface area (Å²) in [6, 6.07) is 12.5. The van der Waals surface area contributed by atoms with Crippen molar-refractivity contribution in [3.8, 4) is 29.0 Å². The number of aryl methyl sites for hydroxylation is 1. The number of nitrogens with zero attached hydrogens (tertiary/aromatic N) is 6. The molecule has 1 aliphatic heterocycles. The van der Waals surface area contributed by atoms with E-state index < -0.39 is 12.5 Å². The van der Waals surface area contributed by atoms with Crippen molar-refractivity contribution < 1.29 is 32.2 Å². The van der Waals surface area contributed by atoms with E-state index in [4.69, 9.17) is 9.47 Å². The smallest absolute Gasteiger partial charge is 0.487 e. The number of ether oxygens (including phenoxy) is 3. The quantitative estimate of drug-likeness (QED) is 0.390. The molecule has 1 saturated heterocycles. The molecule has 37 heavy (non-hydrogen) atoms. The molecule has 4 heterocycles. The molecule has 13 heteroatoms. The fourth-order valence-corrected chi connectivity index (χ4v) is 4.00. The third-order valence-electron chi connectivity index (χ3n) is 5.64. The number of rotatable bonds is 6. The van der Waals surface area contributed by atoms with Crippen molar-refractivity contribution in [2.75, 3.05) is 24.7 Å². The Morgan fingerprint density at radius 2 is 1.97 bits per heavy atom. The Hall–Kier alpha value is -4.57. The minimum Gasteiger partial charge on any atom is -0.487 e. The van der Waals surface area contributed by atoms with Gasteiger partial charge in [0.15, 0.2) is 11.4 Å². The summed E-state index contributed by atoms with van der Waals surface area (Å²) in [5.41, 5.74) is 2.46. The van der Waals surface area contributed by atoms with Crippen molar-refractivity contribution in [1.29, 1.82) is 5.26 Å². The molecule has 10 nitrogen and oxygen atoms in total. The van der Waals surface area contributed by atoms with Gasteiger partial charge in [-0.3, -0.25) is 13.9 Å². The number of aromatic nitrogens is 4. The van der Waals surface area contributed by atoms with Crippen molar-refractivity contribution in [2.24, 2.45) is 7.05 Å². The number of nitriles is 1. The van der Waals surface area contributed by atoms with Gasteiger partial charge in [-0.05, 0) is 42.5 Å². The van der Waals surface area contributed by atoms with Crippen LogP contribution in [0.2, 0.25) is 0 Å². The summed E-state index contributed by atoms with van der Waals surface area (Å²) < 4.78 is 56.0. The number of carbonyl (C=O) groups excluding carboxylic acids is 1. The van der Waals surface area contributed by atoms with Crippen LogP contribution >= 0.6 is 0 Å². The topological polar surface area (TPSA) is 107 Å². The lowest BCUT2D eigenvalue weighted by Crippen LogP contribution is -2.48. The monoisotopic (exact) mass is 512 g/mol. The lowest BCUT2D eigenvalue weighted by atomic mass is 10.2. The lowest BCUT2D eigenvalue weighted by molar-refractivity contribution is -0.274. The van der Waals surface area contributed by atoms with Gasteiger partial charge in [0.05, 0.1) is 18.4 Å². The maximum atomic E-state index is 12.4. The van der Waals surface area contributed by atoms with Crippen LogP contribution in [0.15, 0.2) is 54.9 Å². The average Bonchev–Trinajstić information content (AvgIpc) is 3.49. The maximum absolute atomic E-state index is 12.4. The first-order valence-electron chi connectivity index (χ1n) is 11.0. The number of pyridine rings is 1. The van der Waals surface area contributed by atoms with Gasteiger partial charge in [0.25, 0.3) is 5.91 Å². The molecule has 0 spiro atoms. The fourth-order valence-electron chi connectivity index (χ4n) is 4.00. The zero-order valence-electron chi connectivity index (χ0n) is 19.3. The van der Waals surface area contributed by atoms with Gasteiger partial charge in [-0.2, -0.15) is 10.4 Å². The molecule has 190 valence electrons. The molecule has 5 rings (SSSR count). The highest BCUT2D eigenvalue weighted by Crippen LogP contribution is 2.29. The van der Waals surface area contributed by atoms with Crippen LogP contribution in [0.3, 0.4) is 0 Å². The molecular formula is C24H19F3N6O4. The zero-order chi connectivity index (χ0) is 26.2. The predicted octanol–water partition coefficient (Wildman–Crippen LogP) is 3.32. The number of hydrogen-bond donors (Lipinski definition) is 0. The fraction of sp³-hybridized carbons (Fsp3) is 0.250. The van der Waals surface area contributed by atoms with Crippen LogP contribution in [0.1, 0.15) is 5.69 Å². The van der Waals surface area contributed by atoms with E-state index in [9.17, 15) is 23.2 Å². The molecule has 4 aromatic rings. The van der Waals surface area contributed by atoms with E-state index in [2.05, 4.69) is 20.9 Å². The summed E-state index contributed by atoms with van der Waals surface area (Å²) in [6.07, 6.45) is -2.09. The van der Waals surface area contributed by atoms with Gasteiger partial charge in [-0.15, -0.1) is 13.2 Å². The standard InChI is InChI=1S/C24H19F3N6O4/c1-31-9-8-19(30-31)20-6-7-21(23-29-11-16(10-28)33(20)23)36-13-18-12-32(22(34)14-35-18)15-2-4-17(5-3-15)37-24(25,26)27/h2-9,11,18H,12-14H2,1H3/t18-/m0/s1. The third-order valence-corrected chi connectivity index (χ3v) is 5.64. The van der Waals surface area contributed by atoms with Crippen LogP contribution in [-0.4, -0.2) is 57.3 Å². The van der Waals surface area contributed by atoms with Crippen LogP contribution in [0, 0.1) is 11.3 Å². The van der Waals surface area contributed by atoms with E-state index in [-0.39, 0.29) is 31.4 Å². The summed E-state index contributed by atoms with van der Waals surface area (Å²) in [5, 5.41) is 14.0. The normalized spacial score (nSPS) is 16.1. The molecule has 0 N–H and O–H groups in total. The zero-order valence-corrected chi connectivity index (χ0v) is 19.3. The summed E-state index contributed by atoms with van der Waals surface area (Å²) in [6.45, 7) is -0.0320. The number of amides is 1. The summed E-state index contributed by atoms with van der Waals surface area (Å²) in [5.74, 6) is -0.317. The van der Waals surface area contributed by atoms with Gasteiger partial charge in [0.2, 0.25) is 0 Å². The number of alkyl halides is 3. The Labute approximate surface area is 208 Å². The second-order valence-electron chi connectivity index (χ2n) is 8.16. The Morgan fingerprint density at radius 1 is 1.19 bits per heavy atom. The molecule has 0 unspecified atom stereocenters. The van der Waals surface area contributed by atoms with Crippen LogP contribution in [0.4, 0.5) is 18.9 Å². The number of imidazole rings is 1. The second kappa shape index (κ2) is 9.47. The van der Waals surface area contributed by atoms with Crippen molar-refractivity contribution in [3.63, 3.8) is 0 Å². The van der Waals surface area contributed by atoms with Gasteiger partial charge in [0.1, 0.15) is 42.5 Å². The largest absolute Gasteiger partial charge is 0.573 e. The van der Waals surface area contributed by atoms with Gasteiger partial charge >= 0.3 is 6.36 Å². The SMILES string of the molecule is Cn1ccc(-c2ccc(OC[C@@H]3CN(c4ccc(OC(F)(F)F)cc4)C(=O)CO3)c3ncc(C#N)n23)n1. The first kappa shape index (κ1) is 24.1. The van der Waals surface area contributed by atoms with Gasteiger partial charge in [0, 0.05) is 18.9 Å². The highest BCUT2D eigenvalue weighted by Gasteiger charge is 2.32. The minimum absolute atomic E-state index is 0.0619. The van der Waals surface area contributed by atoms with E-state index >= 15 is 0 Å². The van der Waals surface area contributed by atoms with E-state index in [0.29, 0.717) is 34.2 Å². The number of morpholine rings is 1. The first-order valence-corrected chi connectivity index (χ1v) is 11.0. The molecule has 1 fully saturated rings. The predicted molar refractivity (Wildman–Crippen MR) is 123 cm³/mol. The Bertz CT molecular complexity index is 1490. The number of carbonyl (C=O) groups is 1. The van der Waals surface area contributed by atoms with Crippen LogP contribution < -0.4 is 14.4 Å².